The Morgan fingerprint density at radius 2 is 1.00 bits per heavy atom. The minimum atomic E-state index is -0.400. The van der Waals surface area contributed by atoms with Gasteiger partial charge >= 0.3 is 14.2 Å². The second-order valence-electron chi connectivity index (χ2n) is 10.1. The molecule has 0 saturated carbocycles. The average molecular weight is 336 g/mol. The Bertz CT molecular complexity index is 498. The fraction of sp³-hybridized carbons (Fsp3) is 0.889. The lowest BCUT2D eigenvalue weighted by molar-refractivity contribution is 0.00578. The highest BCUT2D eigenvalue weighted by molar-refractivity contribution is 6.60. The van der Waals surface area contributed by atoms with E-state index in [1.807, 2.05) is 5.98 Å². The van der Waals surface area contributed by atoms with Gasteiger partial charge in [-0.1, -0.05) is 26.7 Å². The summed E-state index contributed by atoms with van der Waals surface area (Å²) >= 11 is 0. The third kappa shape index (κ3) is 3.48. The summed E-state index contributed by atoms with van der Waals surface area (Å²) in [6.45, 7) is 23.0. The van der Waals surface area contributed by atoms with Crippen molar-refractivity contribution >= 4 is 14.2 Å². The van der Waals surface area contributed by atoms with Gasteiger partial charge in [-0.3, -0.25) is 0 Å². The summed E-state index contributed by atoms with van der Waals surface area (Å²) in [4.78, 5) is 0. The van der Waals surface area contributed by atoms with Crippen LogP contribution in [0, 0.1) is 5.41 Å². The summed E-state index contributed by atoms with van der Waals surface area (Å²) in [7, 11) is -0.794. The summed E-state index contributed by atoms with van der Waals surface area (Å²) in [5.41, 5.74) is -0.500. The van der Waals surface area contributed by atoms with E-state index >= 15 is 0 Å². The minimum Gasteiger partial charge on any atom is -0.400 e. The Morgan fingerprint density at radius 3 is 1.33 bits per heavy atom. The predicted octanol–water partition coefficient (Wildman–Crippen LogP) is 4.22. The van der Waals surface area contributed by atoms with E-state index < -0.39 is 14.2 Å². The smallest absolute Gasteiger partial charge is 0.400 e. The quantitative estimate of drug-likeness (QED) is 0.708. The molecule has 0 N–H and O–H groups in total. The van der Waals surface area contributed by atoms with E-state index in [2.05, 4.69) is 76.2 Å². The zero-order valence-electron chi connectivity index (χ0n) is 17.4. The van der Waals surface area contributed by atoms with Gasteiger partial charge in [-0.2, -0.15) is 0 Å². The molecule has 0 aromatic carbocycles. The Labute approximate surface area is 148 Å². The molecule has 0 radical (unpaired) electrons. The molecule has 0 aromatic heterocycles. The highest BCUT2D eigenvalue weighted by Gasteiger charge is 2.55. The maximum absolute atomic E-state index is 6.27. The van der Waals surface area contributed by atoms with Gasteiger partial charge in [0.05, 0.1) is 22.4 Å². The van der Waals surface area contributed by atoms with Gasteiger partial charge in [0.15, 0.2) is 0 Å². The third-order valence-electron chi connectivity index (χ3n) is 5.96. The van der Waals surface area contributed by atoms with Crippen molar-refractivity contribution in [1.29, 1.82) is 0 Å². The van der Waals surface area contributed by atoms with Crippen LogP contribution in [0.3, 0.4) is 0 Å². The van der Waals surface area contributed by atoms with Crippen LogP contribution in [0.4, 0.5) is 0 Å². The van der Waals surface area contributed by atoms with Crippen LogP contribution in [0.25, 0.3) is 0 Å². The molecule has 2 heterocycles. The van der Waals surface area contributed by atoms with Crippen molar-refractivity contribution in [1.82, 2.24) is 0 Å². The minimum absolute atomic E-state index is 0.120. The van der Waals surface area contributed by atoms with Crippen molar-refractivity contribution in [2.45, 2.75) is 98.6 Å². The molecule has 0 aliphatic carbocycles. The number of hydrogen-bond acceptors (Lipinski definition) is 4. The van der Waals surface area contributed by atoms with Crippen LogP contribution in [0.5, 0.6) is 0 Å². The fourth-order valence-electron chi connectivity index (χ4n) is 2.76. The van der Waals surface area contributed by atoms with Gasteiger partial charge in [-0.05, 0) is 66.3 Å². The first kappa shape index (κ1) is 20.0. The lowest BCUT2D eigenvalue weighted by Crippen LogP contribution is -2.41. The number of hydrogen-bond donors (Lipinski definition) is 0. The van der Waals surface area contributed by atoms with E-state index in [-0.39, 0.29) is 27.8 Å². The molecule has 2 aliphatic heterocycles. The Kier molecular flexibility index (Phi) is 4.67. The van der Waals surface area contributed by atoms with Crippen molar-refractivity contribution in [3.63, 3.8) is 0 Å². The van der Waals surface area contributed by atoms with Crippen molar-refractivity contribution in [2.24, 2.45) is 5.41 Å². The van der Waals surface area contributed by atoms with E-state index in [0.29, 0.717) is 0 Å². The molecule has 0 bridgehead atoms. The average Bonchev–Trinajstić information content (AvgIpc) is 2.63. The van der Waals surface area contributed by atoms with Crippen LogP contribution in [0.15, 0.2) is 11.4 Å². The van der Waals surface area contributed by atoms with E-state index in [4.69, 9.17) is 18.6 Å². The second kappa shape index (κ2) is 5.60. The molecule has 136 valence electrons. The first-order valence-electron chi connectivity index (χ1n) is 8.92. The summed E-state index contributed by atoms with van der Waals surface area (Å²) in [5.74, 6) is 2.04. The molecular formula is C18H34B2O4. The summed E-state index contributed by atoms with van der Waals surface area (Å²) < 4.78 is 24.8. The molecule has 4 nitrogen and oxygen atoms in total. The summed E-state index contributed by atoms with van der Waals surface area (Å²) in [6.07, 6.45) is 0. The zero-order valence-corrected chi connectivity index (χ0v) is 17.4. The van der Waals surface area contributed by atoms with Crippen molar-refractivity contribution in [3.8, 4) is 0 Å². The van der Waals surface area contributed by atoms with Crippen molar-refractivity contribution in [2.75, 3.05) is 0 Å². The predicted molar refractivity (Wildman–Crippen MR) is 99.7 cm³/mol. The standard InChI is InChI=1S/C18H34B2O4/c1-14(2,3)13(20-23-17(8,9)18(10,11)24-20)12-19-21-15(4,5)16(6,7)22-19/h12H,1-11H3/b13-12-. The number of rotatable bonds is 2. The highest BCUT2D eigenvalue weighted by atomic mass is 16.7. The van der Waals surface area contributed by atoms with Gasteiger partial charge in [-0.25, -0.2) is 0 Å². The normalized spacial score (nSPS) is 28.5. The monoisotopic (exact) mass is 336 g/mol. The Hall–Kier alpha value is -0.290. The number of allylic oxidation sites excluding steroid dienone is 1. The van der Waals surface area contributed by atoms with E-state index in [1.165, 1.54) is 0 Å². The molecule has 6 heteroatoms. The lowest BCUT2D eigenvalue weighted by Gasteiger charge is -2.32. The van der Waals surface area contributed by atoms with Crippen molar-refractivity contribution < 1.29 is 18.6 Å². The highest BCUT2D eigenvalue weighted by Crippen LogP contribution is 2.43. The van der Waals surface area contributed by atoms with Gasteiger partial charge in [0.2, 0.25) is 0 Å². The first-order valence-corrected chi connectivity index (χ1v) is 8.92. The van der Waals surface area contributed by atoms with Gasteiger partial charge < -0.3 is 18.6 Å². The van der Waals surface area contributed by atoms with Gasteiger partial charge in [0.25, 0.3) is 0 Å². The van der Waals surface area contributed by atoms with E-state index in [1.54, 1.807) is 0 Å². The van der Waals surface area contributed by atoms with Crippen LogP contribution in [-0.2, 0) is 18.6 Å². The largest absolute Gasteiger partial charge is 0.490 e. The zero-order chi connectivity index (χ0) is 18.8. The summed E-state index contributed by atoms with van der Waals surface area (Å²) in [6, 6.07) is 0. The molecule has 2 fully saturated rings. The van der Waals surface area contributed by atoms with E-state index in [9.17, 15) is 0 Å². The summed E-state index contributed by atoms with van der Waals surface area (Å²) in [5, 5.41) is 0. The van der Waals surface area contributed by atoms with Gasteiger partial charge in [0.1, 0.15) is 0 Å². The fourth-order valence-corrected chi connectivity index (χ4v) is 2.76. The molecule has 0 amide bonds. The SMILES string of the molecule is CC(C)(C)/C(=C/B1OC(C)(C)C(C)(C)O1)B1OC(C)(C)C(C)(C)O1. The van der Waals surface area contributed by atoms with E-state index in [0.717, 1.165) is 5.47 Å². The molecule has 0 aromatic rings. The van der Waals surface area contributed by atoms with Crippen LogP contribution in [-0.4, -0.2) is 36.6 Å². The van der Waals surface area contributed by atoms with Crippen LogP contribution < -0.4 is 0 Å². The maximum Gasteiger partial charge on any atom is 0.490 e. The molecule has 2 rings (SSSR count). The Balaban J connectivity index is 2.32. The maximum atomic E-state index is 6.27. The topological polar surface area (TPSA) is 36.9 Å². The van der Waals surface area contributed by atoms with Crippen LogP contribution in [0.2, 0.25) is 0 Å². The lowest BCUT2D eigenvalue weighted by atomic mass is 9.61. The Morgan fingerprint density at radius 1 is 0.667 bits per heavy atom. The molecule has 2 saturated heterocycles. The second-order valence-corrected chi connectivity index (χ2v) is 10.1. The van der Waals surface area contributed by atoms with Crippen LogP contribution in [0.1, 0.15) is 76.2 Å². The van der Waals surface area contributed by atoms with Gasteiger partial charge in [-0.15, -0.1) is 0 Å². The van der Waals surface area contributed by atoms with Crippen molar-refractivity contribution in [3.05, 3.63) is 11.4 Å². The molecule has 0 unspecified atom stereocenters. The molecule has 0 atom stereocenters. The molecule has 24 heavy (non-hydrogen) atoms. The molecular weight excluding hydrogens is 302 g/mol. The molecule has 2 aliphatic rings. The van der Waals surface area contributed by atoms with Gasteiger partial charge in [0, 0.05) is 0 Å². The third-order valence-corrected chi connectivity index (χ3v) is 5.96. The first-order chi connectivity index (χ1) is 10.5. The molecule has 0 spiro atoms. The van der Waals surface area contributed by atoms with Crippen LogP contribution >= 0.6 is 0 Å².